The molecule has 7 heteroatoms. The number of fused-ring (bicyclic) bond motifs is 1. The number of hydrogen-bond donors (Lipinski definition) is 1. The van der Waals surface area contributed by atoms with E-state index < -0.39 is 10.0 Å². The fourth-order valence-corrected chi connectivity index (χ4v) is 4.51. The number of furan rings is 1. The van der Waals surface area contributed by atoms with Gasteiger partial charge >= 0.3 is 0 Å². The topological polar surface area (TPSA) is 79.6 Å². The summed E-state index contributed by atoms with van der Waals surface area (Å²) in [5.41, 5.74) is 0.500. The molecule has 0 bridgehead atoms. The van der Waals surface area contributed by atoms with Gasteiger partial charge < -0.3 is 9.73 Å². The Morgan fingerprint density at radius 3 is 2.56 bits per heavy atom. The van der Waals surface area contributed by atoms with E-state index in [9.17, 15) is 13.2 Å². The minimum absolute atomic E-state index is 0.00172. The van der Waals surface area contributed by atoms with Gasteiger partial charge in [0, 0.05) is 24.5 Å². The Labute approximate surface area is 148 Å². The zero-order valence-corrected chi connectivity index (χ0v) is 15.6. The molecular weight excluding hydrogens is 340 g/mol. The van der Waals surface area contributed by atoms with Crippen LogP contribution >= 0.6 is 0 Å². The van der Waals surface area contributed by atoms with Crippen LogP contribution in [0.2, 0.25) is 0 Å². The molecule has 0 saturated carbocycles. The van der Waals surface area contributed by atoms with Crippen molar-refractivity contribution >= 4 is 26.9 Å². The number of amides is 1. The molecule has 1 fully saturated rings. The van der Waals surface area contributed by atoms with E-state index in [0.29, 0.717) is 30.0 Å². The van der Waals surface area contributed by atoms with Gasteiger partial charge in [-0.15, -0.1) is 0 Å². The zero-order chi connectivity index (χ0) is 18.2. The van der Waals surface area contributed by atoms with E-state index in [0.717, 1.165) is 12.8 Å². The third-order valence-corrected chi connectivity index (χ3v) is 6.41. The smallest absolute Gasteiger partial charge is 0.287 e. The van der Waals surface area contributed by atoms with Crippen LogP contribution in [-0.4, -0.2) is 37.8 Å². The first-order valence-electron chi connectivity index (χ1n) is 8.62. The van der Waals surface area contributed by atoms with Gasteiger partial charge in [-0.3, -0.25) is 4.79 Å². The van der Waals surface area contributed by atoms with Gasteiger partial charge in [-0.05, 0) is 56.9 Å². The summed E-state index contributed by atoms with van der Waals surface area (Å²) in [6, 6.07) is 6.32. The van der Waals surface area contributed by atoms with Crippen LogP contribution < -0.4 is 5.32 Å². The van der Waals surface area contributed by atoms with Crippen LogP contribution in [0.4, 0.5) is 0 Å². The average molecular weight is 364 g/mol. The lowest BCUT2D eigenvalue weighted by Gasteiger charge is -2.29. The molecular formula is C18H24N2O4S. The molecule has 1 N–H and O–H groups in total. The molecule has 136 valence electrons. The summed E-state index contributed by atoms with van der Waals surface area (Å²) < 4.78 is 32.8. The normalized spacial score (nSPS) is 17.3. The van der Waals surface area contributed by atoms with Crippen molar-refractivity contribution in [2.75, 3.05) is 13.1 Å². The zero-order valence-electron chi connectivity index (χ0n) is 14.8. The first-order chi connectivity index (χ1) is 11.8. The maximum atomic E-state index is 12.8. The Kier molecular flexibility index (Phi) is 4.88. The Bertz CT molecular complexity index is 878. The number of sulfonamides is 1. The van der Waals surface area contributed by atoms with Crippen molar-refractivity contribution in [3.63, 3.8) is 0 Å². The molecule has 0 unspecified atom stereocenters. The third kappa shape index (κ3) is 3.72. The van der Waals surface area contributed by atoms with Crippen molar-refractivity contribution in [2.45, 2.75) is 44.6 Å². The highest BCUT2D eigenvalue weighted by molar-refractivity contribution is 7.89. The van der Waals surface area contributed by atoms with E-state index in [4.69, 9.17) is 4.42 Å². The predicted octanol–water partition coefficient (Wildman–Crippen LogP) is 2.99. The minimum atomic E-state index is -3.52. The van der Waals surface area contributed by atoms with Gasteiger partial charge in [-0.1, -0.05) is 6.92 Å². The summed E-state index contributed by atoms with van der Waals surface area (Å²) in [5.74, 6) is 0.440. The second-order valence-electron chi connectivity index (χ2n) is 7.03. The summed E-state index contributed by atoms with van der Waals surface area (Å²) >= 11 is 0. The molecule has 2 heterocycles. The van der Waals surface area contributed by atoms with Gasteiger partial charge in [0.05, 0.1) is 4.90 Å². The largest absolute Gasteiger partial charge is 0.451 e. The Morgan fingerprint density at radius 2 is 1.92 bits per heavy atom. The van der Waals surface area contributed by atoms with Gasteiger partial charge in [0.25, 0.3) is 5.91 Å². The maximum absolute atomic E-state index is 12.8. The van der Waals surface area contributed by atoms with Crippen LogP contribution in [0.25, 0.3) is 11.0 Å². The molecule has 25 heavy (non-hydrogen) atoms. The highest BCUT2D eigenvalue weighted by Crippen LogP contribution is 2.27. The monoisotopic (exact) mass is 364 g/mol. The summed E-state index contributed by atoms with van der Waals surface area (Å²) in [5, 5.41) is 3.37. The highest BCUT2D eigenvalue weighted by atomic mass is 32.2. The number of nitrogens with zero attached hydrogens (tertiary/aromatic N) is 1. The van der Waals surface area contributed by atoms with Crippen molar-refractivity contribution in [2.24, 2.45) is 5.92 Å². The minimum Gasteiger partial charge on any atom is -0.451 e. The van der Waals surface area contributed by atoms with E-state index in [-0.39, 0.29) is 22.6 Å². The number of carbonyl (C=O) groups is 1. The van der Waals surface area contributed by atoms with Crippen molar-refractivity contribution in [3.8, 4) is 0 Å². The highest BCUT2D eigenvalue weighted by Gasteiger charge is 2.28. The van der Waals surface area contributed by atoms with Crippen LogP contribution in [0.5, 0.6) is 0 Å². The van der Waals surface area contributed by atoms with Crippen LogP contribution in [0.1, 0.15) is 44.2 Å². The second kappa shape index (κ2) is 6.80. The molecule has 2 aromatic rings. The molecule has 0 radical (unpaired) electrons. The lowest BCUT2D eigenvalue weighted by molar-refractivity contribution is 0.0917. The number of rotatable bonds is 4. The van der Waals surface area contributed by atoms with E-state index >= 15 is 0 Å². The Balaban J connectivity index is 1.89. The van der Waals surface area contributed by atoms with Gasteiger partial charge in [-0.2, -0.15) is 4.31 Å². The van der Waals surface area contributed by atoms with Crippen molar-refractivity contribution in [1.82, 2.24) is 9.62 Å². The summed E-state index contributed by atoms with van der Waals surface area (Å²) in [7, 11) is -3.52. The summed E-state index contributed by atoms with van der Waals surface area (Å²) in [4.78, 5) is 12.3. The van der Waals surface area contributed by atoms with Crippen molar-refractivity contribution in [1.29, 1.82) is 0 Å². The third-order valence-electron chi connectivity index (χ3n) is 4.51. The van der Waals surface area contributed by atoms with E-state index in [1.165, 1.54) is 0 Å². The molecule has 0 atom stereocenters. The van der Waals surface area contributed by atoms with Crippen LogP contribution in [0.15, 0.2) is 33.6 Å². The van der Waals surface area contributed by atoms with Crippen molar-refractivity contribution in [3.05, 3.63) is 30.0 Å². The molecule has 0 spiro atoms. The molecule has 3 rings (SSSR count). The number of benzene rings is 1. The molecule has 1 saturated heterocycles. The Hall–Kier alpha value is -1.86. The van der Waals surface area contributed by atoms with Crippen molar-refractivity contribution < 1.29 is 17.6 Å². The van der Waals surface area contributed by atoms with Gasteiger partial charge in [0.1, 0.15) is 5.58 Å². The number of piperidine rings is 1. The standard InChI is InChI=1S/C18H24N2O4S/c1-12(2)19-18(21)17-11-14-10-15(4-5-16(14)24-17)25(22,23)20-8-6-13(3)7-9-20/h4-5,10-13H,6-9H2,1-3H3,(H,19,21). The fourth-order valence-electron chi connectivity index (χ4n) is 3.00. The first kappa shape index (κ1) is 17.9. The van der Waals surface area contributed by atoms with E-state index in [1.54, 1.807) is 28.6 Å². The lowest BCUT2D eigenvalue weighted by Crippen LogP contribution is -2.37. The maximum Gasteiger partial charge on any atom is 0.287 e. The molecule has 1 aromatic carbocycles. The quantitative estimate of drug-likeness (QED) is 0.904. The summed E-state index contributed by atoms with van der Waals surface area (Å²) in [6.45, 7) is 6.98. The summed E-state index contributed by atoms with van der Waals surface area (Å²) in [6.07, 6.45) is 1.76. The second-order valence-corrected chi connectivity index (χ2v) is 8.96. The van der Waals surface area contributed by atoms with Gasteiger partial charge in [0.2, 0.25) is 10.0 Å². The van der Waals surface area contributed by atoms with Crippen LogP contribution in [0, 0.1) is 5.92 Å². The molecule has 1 aliphatic rings. The number of nitrogens with one attached hydrogen (secondary N) is 1. The van der Waals surface area contributed by atoms with E-state index in [2.05, 4.69) is 12.2 Å². The number of carbonyl (C=O) groups excluding carboxylic acids is 1. The SMILES string of the molecule is CC1CCN(S(=O)(=O)c2ccc3oc(C(=O)NC(C)C)cc3c2)CC1. The van der Waals surface area contributed by atoms with E-state index in [1.807, 2.05) is 13.8 Å². The lowest BCUT2D eigenvalue weighted by atomic mass is 10.0. The van der Waals surface area contributed by atoms with Crippen LogP contribution in [0.3, 0.4) is 0 Å². The average Bonchev–Trinajstić information content (AvgIpc) is 2.98. The number of hydrogen-bond acceptors (Lipinski definition) is 4. The molecule has 1 aliphatic heterocycles. The van der Waals surface area contributed by atoms with Gasteiger partial charge in [-0.25, -0.2) is 8.42 Å². The molecule has 0 aliphatic carbocycles. The molecule has 1 aromatic heterocycles. The Morgan fingerprint density at radius 1 is 1.24 bits per heavy atom. The molecule has 6 nitrogen and oxygen atoms in total. The fraction of sp³-hybridized carbons (Fsp3) is 0.500. The molecule has 1 amide bonds. The van der Waals surface area contributed by atoms with Crippen LogP contribution in [-0.2, 0) is 10.0 Å². The predicted molar refractivity (Wildman–Crippen MR) is 96.0 cm³/mol. The van der Waals surface area contributed by atoms with Gasteiger partial charge in [0.15, 0.2) is 5.76 Å². The first-order valence-corrected chi connectivity index (χ1v) is 10.1.